The molecule has 3 aromatic rings. The number of carbonyl (C=O) groups is 2. The highest BCUT2D eigenvalue weighted by atomic mass is 16.4. The number of amides is 1. The second kappa shape index (κ2) is 5.60. The van der Waals surface area contributed by atoms with E-state index in [0.717, 1.165) is 11.1 Å². The fourth-order valence-electron chi connectivity index (χ4n) is 3.66. The molecule has 0 atom stereocenters. The van der Waals surface area contributed by atoms with Gasteiger partial charge in [0.2, 0.25) is 5.91 Å². The Kier molecular flexibility index (Phi) is 3.39. The lowest BCUT2D eigenvalue weighted by Gasteiger charge is -2.29. The molecule has 1 aliphatic heterocycles. The average molecular weight is 329 g/mol. The average Bonchev–Trinajstić information content (AvgIpc) is 2.95. The summed E-state index contributed by atoms with van der Waals surface area (Å²) in [5.41, 5.74) is 1.45. The fourth-order valence-corrected chi connectivity index (χ4v) is 3.66. The second-order valence-electron chi connectivity index (χ2n) is 5.97. The van der Waals surface area contributed by atoms with Gasteiger partial charge in [-0.15, -0.1) is 0 Å². The van der Waals surface area contributed by atoms with E-state index < -0.39 is 11.4 Å². The predicted molar refractivity (Wildman–Crippen MR) is 94.8 cm³/mol. The number of fused-ring (bicyclic) bond motifs is 1. The number of anilines is 1. The molecular weight excluding hydrogens is 314 g/mol. The third kappa shape index (κ3) is 2.08. The number of hydrogen-bond acceptors (Lipinski definition) is 2. The summed E-state index contributed by atoms with van der Waals surface area (Å²) in [4.78, 5) is 25.1. The Hall–Kier alpha value is -3.40. The van der Waals surface area contributed by atoms with Crippen molar-refractivity contribution in [2.24, 2.45) is 0 Å². The summed E-state index contributed by atoms with van der Waals surface area (Å²) in [5, 5.41) is 12.6. The summed E-state index contributed by atoms with van der Waals surface area (Å²) >= 11 is 0. The standard InChI is InChI=1S/C21H15NO3/c23-19(24)16-12-7-13-17-18(16)21(20(25)22-17,14-8-3-1-4-9-14)15-10-5-2-6-11-15/h1-13H,(H,22,25)(H,23,24). The van der Waals surface area contributed by atoms with Crippen LogP contribution in [0.4, 0.5) is 5.69 Å². The van der Waals surface area contributed by atoms with Crippen molar-refractivity contribution in [3.8, 4) is 0 Å². The Labute approximate surface area is 144 Å². The zero-order valence-electron chi connectivity index (χ0n) is 13.3. The van der Waals surface area contributed by atoms with Gasteiger partial charge in [-0.3, -0.25) is 4.79 Å². The van der Waals surface area contributed by atoms with Crippen LogP contribution in [0, 0.1) is 0 Å². The molecule has 1 heterocycles. The Morgan fingerprint density at radius 2 is 1.36 bits per heavy atom. The van der Waals surface area contributed by atoms with E-state index in [1.807, 2.05) is 60.7 Å². The number of aromatic carboxylic acids is 1. The van der Waals surface area contributed by atoms with Crippen molar-refractivity contribution in [2.45, 2.75) is 5.41 Å². The zero-order valence-corrected chi connectivity index (χ0v) is 13.3. The van der Waals surface area contributed by atoms with Crippen LogP contribution in [0.3, 0.4) is 0 Å². The number of rotatable bonds is 3. The molecule has 4 rings (SSSR count). The first kappa shape index (κ1) is 15.1. The minimum Gasteiger partial charge on any atom is -0.478 e. The van der Waals surface area contributed by atoms with E-state index >= 15 is 0 Å². The molecule has 1 amide bonds. The van der Waals surface area contributed by atoms with E-state index in [9.17, 15) is 14.7 Å². The van der Waals surface area contributed by atoms with Crippen molar-refractivity contribution < 1.29 is 14.7 Å². The number of carbonyl (C=O) groups excluding carboxylic acids is 1. The lowest BCUT2D eigenvalue weighted by atomic mass is 9.69. The van der Waals surface area contributed by atoms with Gasteiger partial charge in [0, 0.05) is 11.3 Å². The maximum Gasteiger partial charge on any atom is 0.336 e. The highest BCUT2D eigenvalue weighted by Gasteiger charge is 2.51. The quantitative estimate of drug-likeness (QED) is 0.770. The molecule has 2 N–H and O–H groups in total. The molecule has 0 radical (unpaired) electrons. The summed E-state index contributed by atoms with van der Waals surface area (Å²) in [6, 6.07) is 23.6. The molecule has 122 valence electrons. The Morgan fingerprint density at radius 1 is 0.800 bits per heavy atom. The number of carboxylic acid groups (broad SMARTS) is 1. The van der Waals surface area contributed by atoms with Crippen LogP contribution >= 0.6 is 0 Å². The molecule has 0 saturated carbocycles. The van der Waals surface area contributed by atoms with Gasteiger partial charge in [0.05, 0.1) is 5.56 Å². The SMILES string of the molecule is O=C(O)c1cccc2c1C(c1ccccc1)(c1ccccc1)C(=O)N2. The van der Waals surface area contributed by atoms with Gasteiger partial charge in [0.1, 0.15) is 5.41 Å². The molecule has 0 aromatic heterocycles. The first-order valence-corrected chi connectivity index (χ1v) is 7.95. The summed E-state index contributed by atoms with van der Waals surface area (Å²) in [6.07, 6.45) is 0. The molecular formula is C21H15NO3. The van der Waals surface area contributed by atoms with Gasteiger partial charge in [-0.25, -0.2) is 4.79 Å². The Balaban J connectivity index is 2.15. The van der Waals surface area contributed by atoms with E-state index in [4.69, 9.17) is 0 Å². The molecule has 4 heteroatoms. The maximum absolute atomic E-state index is 13.2. The van der Waals surface area contributed by atoms with Gasteiger partial charge in [0.25, 0.3) is 0 Å². The summed E-state index contributed by atoms with van der Waals surface area (Å²) in [5.74, 6) is -1.29. The van der Waals surface area contributed by atoms with Gasteiger partial charge < -0.3 is 10.4 Å². The largest absolute Gasteiger partial charge is 0.478 e. The van der Waals surface area contributed by atoms with E-state index in [2.05, 4.69) is 5.32 Å². The molecule has 0 fully saturated rings. The molecule has 0 spiro atoms. The van der Waals surface area contributed by atoms with Crippen molar-refractivity contribution in [1.82, 2.24) is 0 Å². The van der Waals surface area contributed by atoms with Gasteiger partial charge in [0.15, 0.2) is 0 Å². The van der Waals surface area contributed by atoms with E-state index in [-0.39, 0.29) is 11.5 Å². The Bertz CT molecular complexity index is 925. The minimum atomic E-state index is -1.19. The molecule has 4 nitrogen and oxygen atoms in total. The lowest BCUT2D eigenvalue weighted by molar-refractivity contribution is -0.118. The van der Waals surface area contributed by atoms with Gasteiger partial charge in [-0.2, -0.15) is 0 Å². The second-order valence-corrected chi connectivity index (χ2v) is 5.97. The maximum atomic E-state index is 13.2. The molecule has 0 saturated heterocycles. The molecule has 25 heavy (non-hydrogen) atoms. The molecule has 0 bridgehead atoms. The lowest BCUT2D eigenvalue weighted by Crippen LogP contribution is -2.38. The van der Waals surface area contributed by atoms with Crippen molar-refractivity contribution in [3.63, 3.8) is 0 Å². The molecule has 0 aliphatic carbocycles. The number of hydrogen-bond donors (Lipinski definition) is 2. The van der Waals surface area contributed by atoms with Crippen LogP contribution in [0.5, 0.6) is 0 Å². The van der Waals surface area contributed by atoms with Gasteiger partial charge in [-0.05, 0) is 23.3 Å². The van der Waals surface area contributed by atoms with E-state index in [1.54, 1.807) is 18.2 Å². The van der Waals surface area contributed by atoms with Gasteiger partial charge in [-0.1, -0.05) is 66.7 Å². The predicted octanol–water partition coefficient (Wildman–Crippen LogP) is 3.67. The zero-order chi connectivity index (χ0) is 17.4. The van der Waals surface area contributed by atoms with Crippen LogP contribution in [0.25, 0.3) is 0 Å². The number of benzene rings is 3. The normalized spacial score (nSPS) is 14.6. The first-order chi connectivity index (χ1) is 12.2. The molecule has 3 aromatic carbocycles. The van der Waals surface area contributed by atoms with E-state index in [1.165, 1.54) is 0 Å². The summed E-state index contributed by atoms with van der Waals surface area (Å²) < 4.78 is 0. The topological polar surface area (TPSA) is 66.4 Å². The number of nitrogens with one attached hydrogen (secondary N) is 1. The van der Waals surface area contributed by atoms with Crippen LogP contribution < -0.4 is 5.32 Å². The highest BCUT2D eigenvalue weighted by Crippen LogP contribution is 2.49. The third-order valence-electron chi connectivity index (χ3n) is 4.67. The summed E-state index contributed by atoms with van der Waals surface area (Å²) in [6.45, 7) is 0. The van der Waals surface area contributed by atoms with Crippen LogP contribution in [-0.4, -0.2) is 17.0 Å². The highest BCUT2D eigenvalue weighted by molar-refractivity contribution is 6.14. The first-order valence-electron chi connectivity index (χ1n) is 7.95. The van der Waals surface area contributed by atoms with Crippen LogP contribution in [0.2, 0.25) is 0 Å². The van der Waals surface area contributed by atoms with Gasteiger partial charge >= 0.3 is 5.97 Å². The molecule has 0 unspecified atom stereocenters. The summed E-state index contributed by atoms with van der Waals surface area (Å²) in [7, 11) is 0. The fraction of sp³-hybridized carbons (Fsp3) is 0.0476. The van der Waals surface area contributed by atoms with Crippen molar-refractivity contribution in [3.05, 3.63) is 101 Å². The minimum absolute atomic E-state index is 0.128. The van der Waals surface area contributed by atoms with Crippen molar-refractivity contribution >= 4 is 17.6 Å². The third-order valence-corrected chi connectivity index (χ3v) is 4.67. The monoisotopic (exact) mass is 329 g/mol. The smallest absolute Gasteiger partial charge is 0.336 e. The van der Waals surface area contributed by atoms with E-state index in [0.29, 0.717) is 11.3 Å². The number of carboxylic acids is 1. The van der Waals surface area contributed by atoms with Crippen molar-refractivity contribution in [1.29, 1.82) is 0 Å². The van der Waals surface area contributed by atoms with Crippen LogP contribution in [0.1, 0.15) is 27.0 Å². The van der Waals surface area contributed by atoms with Crippen LogP contribution in [-0.2, 0) is 10.2 Å². The molecule has 1 aliphatic rings. The van der Waals surface area contributed by atoms with Crippen molar-refractivity contribution in [2.75, 3.05) is 5.32 Å². The van der Waals surface area contributed by atoms with Crippen LogP contribution in [0.15, 0.2) is 78.9 Å². The Morgan fingerprint density at radius 3 is 1.88 bits per heavy atom.